The summed E-state index contributed by atoms with van der Waals surface area (Å²) < 4.78 is 13.8. The smallest absolute Gasteiger partial charge is 0.251 e. The molecule has 51 heavy (non-hydrogen) atoms. The average Bonchev–Trinajstić information content (AvgIpc) is 3.53. The first-order valence-electron chi connectivity index (χ1n) is 18.2. The first-order valence-corrected chi connectivity index (χ1v) is 21.1. The predicted molar refractivity (Wildman–Crippen MR) is 204 cm³/mol. The van der Waals surface area contributed by atoms with Gasteiger partial charge in [-0.15, -0.1) is 0 Å². The number of fused-ring (bicyclic) bond motifs is 1. The molecule has 0 aliphatic carbocycles. The lowest BCUT2D eigenvalue weighted by Gasteiger charge is -2.36. The van der Waals surface area contributed by atoms with Crippen molar-refractivity contribution in [3.05, 3.63) is 82.2 Å². The van der Waals surface area contributed by atoms with Crippen molar-refractivity contribution in [1.82, 2.24) is 25.4 Å². The summed E-state index contributed by atoms with van der Waals surface area (Å²) in [6, 6.07) is 13.0. The SMILES string of the molecule is CCc1nc2c(cnn2CC)c(NC2CCOCC2)c1CNC(=O)c1ccc(CNC[C@H](O)c2ccc(O)c(CO[Si](C)(C)C(C)(C)C)c2)cc1. The van der Waals surface area contributed by atoms with E-state index < -0.39 is 14.4 Å². The Labute approximate surface area is 303 Å². The highest BCUT2D eigenvalue weighted by Gasteiger charge is 2.37. The van der Waals surface area contributed by atoms with Gasteiger partial charge in [-0.3, -0.25) is 4.79 Å². The number of ether oxygens (including phenoxy) is 1. The number of aliphatic hydroxyl groups is 1. The summed E-state index contributed by atoms with van der Waals surface area (Å²) in [5.41, 5.74) is 6.74. The number of amides is 1. The number of pyridine rings is 1. The molecule has 5 N–H and O–H groups in total. The van der Waals surface area contributed by atoms with Gasteiger partial charge in [-0.2, -0.15) is 5.10 Å². The Balaban J connectivity index is 1.18. The van der Waals surface area contributed by atoms with Crippen molar-refractivity contribution in [2.24, 2.45) is 0 Å². The van der Waals surface area contributed by atoms with Crippen LogP contribution >= 0.6 is 0 Å². The van der Waals surface area contributed by atoms with Crippen LogP contribution in [0.4, 0.5) is 5.69 Å². The topological polar surface area (TPSA) is 143 Å². The van der Waals surface area contributed by atoms with E-state index in [4.69, 9.17) is 14.1 Å². The second-order valence-corrected chi connectivity index (χ2v) is 19.8. The standard InChI is InChI=1S/C39H56N6O5Si/c1-8-33-31(36(43-30-16-18-49-19-17-30)32-23-42-45(9-2)37(32)44-33)22-41-38(48)27-12-10-26(11-13-27)21-40-24-35(47)28-14-15-34(46)29(20-28)25-50-51(6,7)39(3,4)5/h10-15,20,23,30,35,40,46-47H,8-9,16-19,21-22,24-25H2,1-7H3,(H,41,48)(H,43,44)/t35-/m0/s1. The number of aliphatic hydroxyl groups excluding tert-OH is 1. The number of phenols is 1. The van der Waals surface area contributed by atoms with Gasteiger partial charge in [-0.05, 0) is 79.7 Å². The van der Waals surface area contributed by atoms with Crippen molar-refractivity contribution in [3.8, 4) is 5.75 Å². The van der Waals surface area contributed by atoms with Crippen molar-refractivity contribution in [1.29, 1.82) is 0 Å². The molecule has 1 amide bonds. The number of nitrogens with zero attached hydrogens (tertiary/aromatic N) is 3. The molecule has 1 aliphatic rings. The number of aromatic nitrogens is 3. The number of aryl methyl sites for hydroxylation is 2. The molecule has 0 bridgehead atoms. The number of phenolic OH excluding ortho intramolecular Hbond substituents is 1. The molecule has 0 unspecified atom stereocenters. The highest BCUT2D eigenvalue weighted by atomic mass is 28.4. The maximum atomic E-state index is 13.3. The molecule has 12 heteroatoms. The van der Waals surface area contributed by atoms with Gasteiger partial charge in [0.15, 0.2) is 14.0 Å². The Bertz CT molecular complexity index is 1780. The molecule has 1 atom stereocenters. The second-order valence-electron chi connectivity index (χ2n) is 15.0. The second kappa shape index (κ2) is 16.7. The van der Waals surface area contributed by atoms with Gasteiger partial charge in [0.2, 0.25) is 0 Å². The van der Waals surface area contributed by atoms with Gasteiger partial charge in [-0.1, -0.05) is 45.9 Å². The zero-order chi connectivity index (χ0) is 36.8. The quantitative estimate of drug-likeness (QED) is 0.0862. The lowest BCUT2D eigenvalue weighted by atomic mass is 10.0. The summed E-state index contributed by atoms with van der Waals surface area (Å²) in [6.45, 7) is 18.7. The molecule has 1 fully saturated rings. The zero-order valence-corrected chi connectivity index (χ0v) is 32.3. The van der Waals surface area contributed by atoms with Crippen LogP contribution in [0, 0.1) is 0 Å². The fourth-order valence-corrected chi connectivity index (χ4v) is 6.97. The van der Waals surface area contributed by atoms with E-state index in [9.17, 15) is 15.0 Å². The van der Waals surface area contributed by atoms with E-state index in [-0.39, 0.29) is 22.7 Å². The molecule has 11 nitrogen and oxygen atoms in total. The summed E-state index contributed by atoms with van der Waals surface area (Å²) >= 11 is 0. The van der Waals surface area contributed by atoms with Crippen molar-refractivity contribution in [2.45, 2.75) is 110 Å². The fraction of sp³-hybridized carbons (Fsp3) is 0.513. The number of hydrogen-bond acceptors (Lipinski definition) is 9. The van der Waals surface area contributed by atoms with Gasteiger partial charge in [0.1, 0.15) is 5.75 Å². The van der Waals surface area contributed by atoms with Crippen molar-refractivity contribution < 1.29 is 24.2 Å². The van der Waals surface area contributed by atoms with Crippen LogP contribution in [-0.2, 0) is 41.8 Å². The number of carbonyl (C=O) groups excluding carboxylic acids is 1. The molecule has 276 valence electrons. The Morgan fingerprint density at radius 2 is 1.82 bits per heavy atom. The summed E-state index contributed by atoms with van der Waals surface area (Å²) in [6.07, 6.45) is 3.69. The predicted octanol–water partition coefficient (Wildman–Crippen LogP) is 6.59. The molecule has 4 aromatic rings. The van der Waals surface area contributed by atoms with Crippen LogP contribution in [0.3, 0.4) is 0 Å². The number of aromatic hydroxyl groups is 1. The Hall–Kier alpha value is -3.81. The van der Waals surface area contributed by atoms with Crippen molar-refractivity contribution in [2.75, 3.05) is 25.1 Å². The maximum absolute atomic E-state index is 13.3. The largest absolute Gasteiger partial charge is 0.508 e. The van der Waals surface area contributed by atoms with Gasteiger partial charge in [0, 0.05) is 67.8 Å². The van der Waals surface area contributed by atoms with Crippen LogP contribution in [0.15, 0.2) is 48.7 Å². The van der Waals surface area contributed by atoms with Crippen molar-refractivity contribution >= 4 is 30.9 Å². The number of hydrogen-bond donors (Lipinski definition) is 5. The van der Waals surface area contributed by atoms with Crippen LogP contribution in [0.5, 0.6) is 5.75 Å². The monoisotopic (exact) mass is 716 g/mol. The first-order chi connectivity index (χ1) is 24.3. The highest BCUT2D eigenvalue weighted by molar-refractivity contribution is 6.74. The third-order valence-corrected chi connectivity index (χ3v) is 14.8. The minimum atomic E-state index is -1.99. The Morgan fingerprint density at radius 3 is 2.49 bits per heavy atom. The van der Waals surface area contributed by atoms with Gasteiger partial charge in [0.25, 0.3) is 5.91 Å². The molecular weight excluding hydrogens is 661 g/mol. The van der Waals surface area contributed by atoms with E-state index in [0.29, 0.717) is 42.9 Å². The molecule has 2 aromatic carbocycles. The summed E-state index contributed by atoms with van der Waals surface area (Å²) in [5, 5.41) is 37.2. The minimum Gasteiger partial charge on any atom is -0.508 e. The Morgan fingerprint density at radius 1 is 1.10 bits per heavy atom. The number of benzene rings is 2. The lowest BCUT2D eigenvalue weighted by Crippen LogP contribution is -2.40. The molecule has 1 saturated heterocycles. The van der Waals surface area contributed by atoms with Crippen LogP contribution < -0.4 is 16.0 Å². The zero-order valence-electron chi connectivity index (χ0n) is 31.3. The van der Waals surface area contributed by atoms with Crippen LogP contribution in [0.1, 0.15) is 91.9 Å². The van der Waals surface area contributed by atoms with E-state index >= 15 is 0 Å². The minimum absolute atomic E-state index is 0.0596. The van der Waals surface area contributed by atoms with E-state index in [0.717, 1.165) is 72.6 Å². The maximum Gasteiger partial charge on any atom is 0.251 e. The molecule has 0 radical (unpaired) electrons. The van der Waals surface area contributed by atoms with E-state index in [1.54, 1.807) is 12.1 Å². The number of rotatable bonds is 15. The molecule has 0 saturated carbocycles. The van der Waals surface area contributed by atoms with Crippen molar-refractivity contribution in [3.63, 3.8) is 0 Å². The molecule has 5 rings (SSSR count). The van der Waals surface area contributed by atoms with E-state index in [1.165, 1.54) is 0 Å². The van der Waals surface area contributed by atoms with Crippen LogP contribution in [0.25, 0.3) is 11.0 Å². The average molecular weight is 717 g/mol. The summed E-state index contributed by atoms with van der Waals surface area (Å²) in [4.78, 5) is 18.3. The number of carbonyl (C=O) groups is 1. The fourth-order valence-electron chi connectivity index (χ4n) is 6.02. The highest BCUT2D eigenvalue weighted by Crippen LogP contribution is 2.38. The van der Waals surface area contributed by atoms with Crippen LogP contribution in [0.2, 0.25) is 18.1 Å². The third kappa shape index (κ3) is 9.35. The van der Waals surface area contributed by atoms with E-state index in [2.05, 4.69) is 68.8 Å². The summed E-state index contributed by atoms with van der Waals surface area (Å²) in [7, 11) is -1.99. The summed E-state index contributed by atoms with van der Waals surface area (Å²) in [5.74, 6) is 0.00960. The Kier molecular flexibility index (Phi) is 12.6. The third-order valence-electron chi connectivity index (χ3n) is 10.4. The van der Waals surface area contributed by atoms with Gasteiger partial charge < -0.3 is 35.3 Å². The molecule has 3 heterocycles. The van der Waals surface area contributed by atoms with Gasteiger partial charge >= 0.3 is 0 Å². The molecule has 2 aromatic heterocycles. The first kappa shape index (κ1) is 38.4. The van der Waals surface area contributed by atoms with Crippen LogP contribution in [-0.4, -0.2) is 65.0 Å². The van der Waals surface area contributed by atoms with Gasteiger partial charge in [-0.25, -0.2) is 9.67 Å². The molecule has 1 aliphatic heterocycles. The normalized spacial score (nSPS) is 14.9. The lowest BCUT2D eigenvalue weighted by molar-refractivity contribution is 0.0904. The number of anilines is 1. The number of nitrogens with one attached hydrogen (secondary N) is 3. The molecule has 0 spiro atoms. The van der Waals surface area contributed by atoms with Gasteiger partial charge in [0.05, 0.1) is 30.0 Å². The van der Waals surface area contributed by atoms with E-state index in [1.807, 2.05) is 41.2 Å². The molecular formula is C39H56N6O5Si.